The maximum absolute atomic E-state index is 9.43. The minimum absolute atomic E-state index is 0.0889. The number of rotatable bonds is 7. The highest BCUT2D eigenvalue weighted by atomic mass is 16.5. The highest BCUT2D eigenvalue weighted by Crippen LogP contribution is 2.32. The molecule has 0 aliphatic heterocycles. The molecule has 0 heterocycles. The van der Waals surface area contributed by atoms with E-state index in [-0.39, 0.29) is 6.61 Å². The van der Waals surface area contributed by atoms with Crippen LogP contribution in [0.2, 0.25) is 0 Å². The van der Waals surface area contributed by atoms with Gasteiger partial charge in [-0.2, -0.15) is 0 Å². The van der Waals surface area contributed by atoms with Gasteiger partial charge in [0.05, 0.1) is 20.3 Å². The Kier molecular flexibility index (Phi) is 5.46. The lowest BCUT2D eigenvalue weighted by atomic mass is 10.2. The Morgan fingerprint density at radius 3 is 2.57 bits per heavy atom. The summed E-state index contributed by atoms with van der Waals surface area (Å²) in [5.74, 6) is 2.02. The van der Waals surface area contributed by atoms with Gasteiger partial charge in [0.25, 0.3) is 0 Å². The fourth-order valence-corrected chi connectivity index (χ4v) is 2.04. The van der Waals surface area contributed by atoms with E-state index < -0.39 is 0 Å². The Bertz CT molecular complexity index is 581. The molecule has 0 aromatic heterocycles. The average molecular weight is 288 g/mol. The molecule has 0 saturated heterocycles. The van der Waals surface area contributed by atoms with Gasteiger partial charge in [0.1, 0.15) is 12.4 Å². The van der Waals surface area contributed by atoms with Crippen molar-refractivity contribution < 1.29 is 19.3 Å². The molecular weight excluding hydrogens is 268 g/mol. The van der Waals surface area contributed by atoms with Gasteiger partial charge in [-0.1, -0.05) is 24.3 Å². The fraction of sp³-hybridized carbons (Fsp3) is 0.294. The van der Waals surface area contributed by atoms with Crippen LogP contribution in [-0.4, -0.2) is 18.8 Å². The number of hydrogen-bond acceptors (Lipinski definition) is 4. The summed E-state index contributed by atoms with van der Waals surface area (Å²) in [5.41, 5.74) is 1.70. The summed E-state index contributed by atoms with van der Waals surface area (Å²) in [6.45, 7) is 2.75. The van der Waals surface area contributed by atoms with Crippen LogP contribution in [0.25, 0.3) is 0 Å². The fourth-order valence-electron chi connectivity index (χ4n) is 2.04. The van der Waals surface area contributed by atoms with E-state index in [1.54, 1.807) is 7.11 Å². The Hall–Kier alpha value is -2.20. The van der Waals surface area contributed by atoms with Crippen LogP contribution in [0.4, 0.5) is 0 Å². The van der Waals surface area contributed by atoms with E-state index in [1.807, 2.05) is 49.4 Å². The lowest BCUT2D eigenvalue weighted by Gasteiger charge is -2.15. The number of aliphatic hydroxyl groups excluding tert-OH is 1. The Balaban J connectivity index is 2.18. The molecule has 0 fully saturated rings. The molecule has 4 heteroatoms. The van der Waals surface area contributed by atoms with E-state index in [0.29, 0.717) is 30.3 Å². The number of para-hydroxylation sites is 1. The van der Waals surface area contributed by atoms with Crippen LogP contribution in [-0.2, 0) is 13.2 Å². The standard InChI is InChI=1S/C17H20O4/c1-3-20-16-9-5-7-14(11-18)17(16)21-12-13-6-4-8-15(10-13)19-2/h4-10,18H,3,11-12H2,1-2H3. The molecule has 0 amide bonds. The topological polar surface area (TPSA) is 47.9 Å². The van der Waals surface area contributed by atoms with Crippen molar-refractivity contribution in [1.29, 1.82) is 0 Å². The van der Waals surface area contributed by atoms with E-state index in [2.05, 4.69) is 0 Å². The lowest BCUT2D eigenvalue weighted by molar-refractivity contribution is 0.243. The van der Waals surface area contributed by atoms with Gasteiger partial charge in [0, 0.05) is 5.56 Å². The second-order valence-corrected chi connectivity index (χ2v) is 4.48. The highest BCUT2D eigenvalue weighted by Gasteiger charge is 2.10. The number of benzene rings is 2. The third kappa shape index (κ3) is 3.89. The van der Waals surface area contributed by atoms with Gasteiger partial charge >= 0.3 is 0 Å². The predicted octanol–water partition coefficient (Wildman–Crippen LogP) is 3.17. The Morgan fingerprint density at radius 2 is 1.86 bits per heavy atom. The monoisotopic (exact) mass is 288 g/mol. The Labute approximate surface area is 124 Å². The molecule has 0 saturated carbocycles. The largest absolute Gasteiger partial charge is 0.497 e. The van der Waals surface area contributed by atoms with Crippen LogP contribution in [0.3, 0.4) is 0 Å². The van der Waals surface area contributed by atoms with Crippen molar-refractivity contribution in [2.45, 2.75) is 20.1 Å². The van der Waals surface area contributed by atoms with Gasteiger partial charge in [0.2, 0.25) is 0 Å². The third-order valence-electron chi connectivity index (χ3n) is 3.05. The first kappa shape index (κ1) is 15.2. The SMILES string of the molecule is CCOc1cccc(CO)c1OCc1cccc(OC)c1. The number of hydrogen-bond donors (Lipinski definition) is 1. The second-order valence-electron chi connectivity index (χ2n) is 4.48. The van der Waals surface area contributed by atoms with Crippen LogP contribution in [0, 0.1) is 0 Å². The van der Waals surface area contributed by atoms with Crippen molar-refractivity contribution in [3.63, 3.8) is 0 Å². The summed E-state index contributed by atoms with van der Waals surface area (Å²) in [6.07, 6.45) is 0. The van der Waals surface area contributed by atoms with Gasteiger partial charge in [0.15, 0.2) is 11.5 Å². The van der Waals surface area contributed by atoms with Crippen LogP contribution in [0.5, 0.6) is 17.2 Å². The first-order valence-electron chi connectivity index (χ1n) is 6.89. The van der Waals surface area contributed by atoms with Gasteiger partial charge in [-0.25, -0.2) is 0 Å². The summed E-state index contributed by atoms with van der Waals surface area (Å²) < 4.78 is 16.6. The normalized spacial score (nSPS) is 10.2. The van der Waals surface area contributed by atoms with E-state index in [1.165, 1.54) is 0 Å². The van der Waals surface area contributed by atoms with E-state index >= 15 is 0 Å². The molecular formula is C17H20O4. The molecule has 0 radical (unpaired) electrons. The third-order valence-corrected chi connectivity index (χ3v) is 3.05. The average Bonchev–Trinajstić information content (AvgIpc) is 2.54. The second kappa shape index (κ2) is 7.55. The summed E-state index contributed by atoms with van der Waals surface area (Å²) in [7, 11) is 1.63. The molecule has 0 atom stereocenters. The first-order chi connectivity index (χ1) is 10.3. The molecule has 0 aliphatic rings. The molecule has 0 aliphatic carbocycles. The molecule has 0 bridgehead atoms. The molecule has 112 valence electrons. The van der Waals surface area contributed by atoms with Crippen LogP contribution in [0.1, 0.15) is 18.1 Å². The van der Waals surface area contributed by atoms with Crippen LogP contribution < -0.4 is 14.2 Å². The molecule has 21 heavy (non-hydrogen) atoms. The molecule has 0 spiro atoms. The van der Waals surface area contributed by atoms with Gasteiger partial charge < -0.3 is 19.3 Å². The molecule has 0 unspecified atom stereocenters. The van der Waals surface area contributed by atoms with Crippen molar-refractivity contribution in [1.82, 2.24) is 0 Å². The molecule has 2 aromatic rings. The molecule has 2 aromatic carbocycles. The number of methoxy groups -OCH3 is 1. The zero-order chi connectivity index (χ0) is 15.1. The van der Waals surface area contributed by atoms with Gasteiger partial charge in [-0.3, -0.25) is 0 Å². The maximum atomic E-state index is 9.43. The van der Waals surface area contributed by atoms with Crippen molar-refractivity contribution >= 4 is 0 Å². The quantitative estimate of drug-likeness (QED) is 0.850. The number of aliphatic hydroxyl groups is 1. The van der Waals surface area contributed by atoms with Gasteiger partial charge in [-0.15, -0.1) is 0 Å². The smallest absolute Gasteiger partial charge is 0.167 e. The summed E-state index contributed by atoms with van der Waals surface area (Å²) in [6, 6.07) is 13.2. The van der Waals surface area contributed by atoms with Crippen molar-refractivity contribution in [3.05, 3.63) is 53.6 Å². The molecule has 2 rings (SSSR count). The summed E-state index contributed by atoms with van der Waals surface area (Å²) >= 11 is 0. The minimum atomic E-state index is -0.0889. The maximum Gasteiger partial charge on any atom is 0.167 e. The van der Waals surface area contributed by atoms with E-state index in [4.69, 9.17) is 14.2 Å². The first-order valence-corrected chi connectivity index (χ1v) is 6.89. The highest BCUT2D eigenvalue weighted by molar-refractivity contribution is 5.46. The zero-order valence-corrected chi connectivity index (χ0v) is 12.3. The van der Waals surface area contributed by atoms with Crippen molar-refractivity contribution in [2.24, 2.45) is 0 Å². The van der Waals surface area contributed by atoms with Crippen molar-refractivity contribution in [3.8, 4) is 17.2 Å². The van der Waals surface area contributed by atoms with E-state index in [0.717, 1.165) is 11.3 Å². The predicted molar refractivity (Wildman–Crippen MR) is 80.9 cm³/mol. The number of ether oxygens (including phenoxy) is 3. The minimum Gasteiger partial charge on any atom is -0.497 e. The lowest BCUT2D eigenvalue weighted by Crippen LogP contribution is -2.03. The van der Waals surface area contributed by atoms with Crippen molar-refractivity contribution in [2.75, 3.05) is 13.7 Å². The van der Waals surface area contributed by atoms with Crippen LogP contribution >= 0.6 is 0 Å². The molecule has 4 nitrogen and oxygen atoms in total. The zero-order valence-electron chi connectivity index (χ0n) is 12.3. The summed E-state index contributed by atoms with van der Waals surface area (Å²) in [5, 5.41) is 9.43. The molecule has 1 N–H and O–H groups in total. The van der Waals surface area contributed by atoms with Crippen LogP contribution in [0.15, 0.2) is 42.5 Å². The summed E-state index contributed by atoms with van der Waals surface area (Å²) in [4.78, 5) is 0. The van der Waals surface area contributed by atoms with Gasteiger partial charge in [-0.05, 0) is 30.7 Å². The van der Waals surface area contributed by atoms with E-state index in [9.17, 15) is 5.11 Å². The Morgan fingerprint density at radius 1 is 1.05 bits per heavy atom.